The van der Waals surface area contributed by atoms with E-state index in [2.05, 4.69) is 42.5 Å². The Morgan fingerprint density at radius 1 is 0.464 bits per heavy atom. The maximum absolute atomic E-state index is 5.87. The number of hydrogen-bond donors (Lipinski definition) is 0. The molecule has 0 aliphatic carbocycles. The molecule has 0 spiro atoms. The first-order valence-corrected chi connectivity index (χ1v) is 9.10. The lowest BCUT2D eigenvalue weighted by molar-refractivity contribution is 0.328. The molecule has 0 saturated carbocycles. The summed E-state index contributed by atoms with van der Waals surface area (Å²) >= 11 is 0. The Balaban J connectivity index is 2.24. The molecule has 0 radical (unpaired) electrons. The van der Waals surface area contributed by atoms with Crippen LogP contribution in [0.15, 0.2) is 48.5 Å². The summed E-state index contributed by atoms with van der Waals surface area (Å²) in [6.07, 6.45) is 0. The van der Waals surface area contributed by atoms with Crippen LogP contribution >= 0.6 is 0 Å². The van der Waals surface area contributed by atoms with Crippen molar-refractivity contribution in [2.45, 2.75) is 0 Å². The van der Waals surface area contributed by atoms with Crippen molar-refractivity contribution in [1.29, 1.82) is 0 Å². The van der Waals surface area contributed by atoms with E-state index in [1.165, 1.54) is 16.2 Å². The van der Waals surface area contributed by atoms with E-state index in [0.29, 0.717) is 17.2 Å². The van der Waals surface area contributed by atoms with E-state index < -0.39 is 0 Å². The minimum Gasteiger partial charge on any atom is -0.496 e. The van der Waals surface area contributed by atoms with Gasteiger partial charge in [-0.2, -0.15) is 0 Å². The number of rotatable bonds is 4. The molecular formula is C24H20O4. The van der Waals surface area contributed by atoms with E-state index in [0.717, 1.165) is 32.7 Å². The topological polar surface area (TPSA) is 36.9 Å². The number of methoxy groups -OCH3 is 4. The number of fused-ring (bicyclic) bond motifs is 2. The number of hydrogen-bond acceptors (Lipinski definition) is 4. The van der Waals surface area contributed by atoms with Gasteiger partial charge in [0.2, 0.25) is 5.75 Å². The van der Waals surface area contributed by atoms with E-state index in [-0.39, 0.29) is 0 Å². The standard InChI is InChI=1S/C24H20O4/c1-25-17-12-11-15-14-9-5-7-13-8-6-10-16(18(13)14)20-19(15)21(17)23(27-3)24(28-4)22(20)26-2/h5-12H,1-4H3. The molecule has 0 saturated heterocycles. The van der Waals surface area contributed by atoms with Crippen LogP contribution in [0.2, 0.25) is 0 Å². The SMILES string of the molecule is COc1c(OC)c2c(OC)ccc3c4cccc5cccc(c(c1OC)c23)c54. The Labute approximate surface area is 162 Å². The highest BCUT2D eigenvalue weighted by Crippen LogP contribution is 2.55. The normalized spacial score (nSPS) is 11.6. The third-order valence-corrected chi connectivity index (χ3v) is 5.58. The van der Waals surface area contributed by atoms with Crippen molar-refractivity contribution >= 4 is 43.1 Å². The van der Waals surface area contributed by atoms with Gasteiger partial charge >= 0.3 is 0 Å². The molecule has 4 heteroatoms. The summed E-state index contributed by atoms with van der Waals surface area (Å²) in [5.74, 6) is 2.59. The van der Waals surface area contributed by atoms with Crippen LogP contribution in [-0.2, 0) is 0 Å². The molecule has 0 aliphatic heterocycles. The first-order valence-electron chi connectivity index (χ1n) is 9.10. The molecule has 0 heterocycles. The highest BCUT2D eigenvalue weighted by Gasteiger charge is 2.26. The third-order valence-electron chi connectivity index (χ3n) is 5.58. The van der Waals surface area contributed by atoms with Gasteiger partial charge in [0.05, 0.1) is 33.8 Å². The van der Waals surface area contributed by atoms with E-state index >= 15 is 0 Å². The Bertz CT molecular complexity index is 1350. The second-order valence-electron chi connectivity index (χ2n) is 6.75. The van der Waals surface area contributed by atoms with Crippen LogP contribution in [0.4, 0.5) is 0 Å². The lowest BCUT2D eigenvalue weighted by Gasteiger charge is -2.22. The lowest BCUT2D eigenvalue weighted by atomic mass is 9.88. The van der Waals surface area contributed by atoms with Crippen LogP contribution in [0, 0.1) is 0 Å². The van der Waals surface area contributed by atoms with E-state index in [1.54, 1.807) is 28.4 Å². The number of ether oxygens (including phenoxy) is 4. The zero-order chi connectivity index (χ0) is 19.4. The summed E-state index contributed by atoms with van der Waals surface area (Å²) in [6.45, 7) is 0. The van der Waals surface area contributed by atoms with Crippen molar-refractivity contribution in [2.24, 2.45) is 0 Å². The molecule has 0 aromatic heterocycles. The van der Waals surface area contributed by atoms with Crippen molar-refractivity contribution in [3.8, 4) is 23.0 Å². The van der Waals surface area contributed by atoms with Gasteiger partial charge < -0.3 is 18.9 Å². The molecule has 0 fully saturated rings. The quantitative estimate of drug-likeness (QED) is 0.296. The van der Waals surface area contributed by atoms with E-state index in [9.17, 15) is 0 Å². The summed E-state index contributed by atoms with van der Waals surface area (Å²) in [7, 11) is 6.61. The van der Waals surface area contributed by atoms with Crippen molar-refractivity contribution < 1.29 is 18.9 Å². The Morgan fingerprint density at radius 3 is 1.71 bits per heavy atom. The summed E-state index contributed by atoms with van der Waals surface area (Å²) < 4.78 is 23.1. The lowest BCUT2D eigenvalue weighted by Crippen LogP contribution is -2.00. The van der Waals surface area contributed by atoms with E-state index in [4.69, 9.17) is 18.9 Å². The van der Waals surface area contributed by atoms with Crippen molar-refractivity contribution in [2.75, 3.05) is 28.4 Å². The molecule has 4 nitrogen and oxygen atoms in total. The number of benzene rings is 5. The zero-order valence-corrected chi connectivity index (χ0v) is 16.3. The second-order valence-corrected chi connectivity index (χ2v) is 6.75. The van der Waals surface area contributed by atoms with Gasteiger partial charge in [0.25, 0.3) is 0 Å². The second kappa shape index (κ2) is 6.06. The molecule has 5 aromatic carbocycles. The molecule has 0 atom stereocenters. The van der Waals surface area contributed by atoms with Crippen molar-refractivity contribution in [3.63, 3.8) is 0 Å². The molecule has 0 aliphatic rings. The van der Waals surface area contributed by atoms with Crippen LogP contribution in [-0.4, -0.2) is 28.4 Å². The first kappa shape index (κ1) is 16.8. The van der Waals surface area contributed by atoms with Gasteiger partial charge in [-0.1, -0.05) is 42.5 Å². The Morgan fingerprint density at radius 2 is 1.07 bits per heavy atom. The van der Waals surface area contributed by atoms with Gasteiger partial charge in [-0.05, 0) is 33.0 Å². The summed E-state index contributed by atoms with van der Waals surface area (Å²) in [6, 6.07) is 16.9. The fourth-order valence-electron chi connectivity index (χ4n) is 4.51. The summed E-state index contributed by atoms with van der Waals surface area (Å²) in [5.41, 5.74) is 0. The minimum atomic E-state index is 0.569. The predicted molar refractivity (Wildman–Crippen MR) is 114 cm³/mol. The van der Waals surface area contributed by atoms with Crippen LogP contribution in [0.1, 0.15) is 0 Å². The largest absolute Gasteiger partial charge is 0.496 e. The monoisotopic (exact) mass is 372 g/mol. The molecule has 28 heavy (non-hydrogen) atoms. The molecule has 5 aromatic rings. The van der Waals surface area contributed by atoms with Crippen molar-refractivity contribution in [3.05, 3.63) is 48.5 Å². The van der Waals surface area contributed by atoms with Crippen LogP contribution in [0.3, 0.4) is 0 Å². The zero-order valence-electron chi connectivity index (χ0n) is 16.3. The van der Waals surface area contributed by atoms with Crippen LogP contribution < -0.4 is 18.9 Å². The maximum Gasteiger partial charge on any atom is 0.204 e. The van der Waals surface area contributed by atoms with Gasteiger partial charge in [0.15, 0.2) is 11.5 Å². The Hall–Kier alpha value is -3.40. The van der Waals surface area contributed by atoms with Gasteiger partial charge in [-0.15, -0.1) is 0 Å². The van der Waals surface area contributed by atoms with E-state index in [1.807, 2.05) is 6.07 Å². The third kappa shape index (κ3) is 1.95. The average Bonchev–Trinajstić information content (AvgIpc) is 2.75. The molecule has 5 rings (SSSR count). The maximum atomic E-state index is 5.87. The molecule has 0 amide bonds. The highest BCUT2D eigenvalue weighted by molar-refractivity contribution is 6.36. The fraction of sp³-hybridized carbons (Fsp3) is 0.167. The predicted octanol–water partition coefficient (Wildman–Crippen LogP) is 5.77. The molecule has 0 bridgehead atoms. The van der Waals surface area contributed by atoms with Gasteiger partial charge in [0.1, 0.15) is 5.75 Å². The first-order chi connectivity index (χ1) is 13.7. The van der Waals surface area contributed by atoms with Crippen LogP contribution in [0.5, 0.6) is 23.0 Å². The summed E-state index contributed by atoms with van der Waals surface area (Å²) in [5, 5.41) is 8.82. The summed E-state index contributed by atoms with van der Waals surface area (Å²) in [4.78, 5) is 0. The smallest absolute Gasteiger partial charge is 0.204 e. The molecule has 140 valence electrons. The fourth-order valence-corrected chi connectivity index (χ4v) is 4.51. The van der Waals surface area contributed by atoms with Crippen LogP contribution in [0.25, 0.3) is 43.1 Å². The Kier molecular flexibility index (Phi) is 3.63. The highest BCUT2D eigenvalue weighted by atomic mass is 16.5. The molecular weight excluding hydrogens is 352 g/mol. The minimum absolute atomic E-state index is 0.569. The van der Waals surface area contributed by atoms with Crippen molar-refractivity contribution in [1.82, 2.24) is 0 Å². The average molecular weight is 372 g/mol. The molecule has 0 unspecified atom stereocenters. The van der Waals surface area contributed by atoms with Gasteiger partial charge in [-0.25, -0.2) is 0 Å². The molecule has 0 N–H and O–H groups in total. The van der Waals surface area contributed by atoms with Gasteiger partial charge in [-0.3, -0.25) is 0 Å². The van der Waals surface area contributed by atoms with Gasteiger partial charge in [0, 0.05) is 10.8 Å².